The van der Waals surface area contributed by atoms with Crippen LogP contribution in [0.1, 0.15) is 11.3 Å². The Morgan fingerprint density at radius 2 is 2.18 bits per heavy atom. The number of thiazole rings is 1. The van der Waals surface area contributed by atoms with Crippen molar-refractivity contribution in [2.75, 3.05) is 5.75 Å². The Bertz CT molecular complexity index is 836. The van der Waals surface area contributed by atoms with Crippen molar-refractivity contribution in [2.45, 2.75) is 25.5 Å². The normalized spacial score (nSPS) is 11.0. The van der Waals surface area contributed by atoms with Crippen LogP contribution in [0.2, 0.25) is 0 Å². The maximum absolute atomic E-state index is 11.7. The molecule has 0 unspecified atom stereocenters. The largest absolute Gasteiger partial charge is 0.307 e. The minimum atomic E-state index is 0.0800. The van der Waals surface area contributed by atoms with Gasteiger partial charge in [0.05, 0.1) is 5.69 Å². The predicted molar refractivity (Wildman–Crippen MR) is 87.9 cm³/mol. The number of benzene rings is 1. The summed E-state index contributed by atoms with van der Waals surface area (Å²) < 4.78 is 3.50. The SMILES string of the molecule is Cc1cccc(-n2nnnc2SCCn2c(C)csc2=O)c1. The quantitative estimate of drug-likeness (QED) is 0.670. The zero-order chi connectivity index (χ0) is 15.5. The van der Waals surface area contributed by atoms with Gasteiger partial charge in [-0.1, -0.05) is 35.2 Å². The third kappa shape index (κ3) is 3.12. The highest BCUT2D eigenvalue weighted by Gasteiger charge is 2.10. The highest BCUT2D eigenvalue weighted by molar-refractivity contribution is 7.99. The molecule has 0 fully saturated rings. The van der Waals surface area contributed by atoms with E-state index in [4.69, 9.17) is 0 Å². The first-order valence-electron chi connectivity index (χ1n) is 6.78. The van der Waals surface area contributed by atoms with Gasteiger partial charge in [0.15, 0.2) is 0 Å². The Labute approximate surface area is 135 Å². The van der Waals surface area contributed by atoms with Crippen LogP contribution in [0.25, 0.3) is 5.69 Å². The van der Waals surface area contributed by atoms with E-state index in [1.54, 1.807) is 21.0 Å². The number of nitrogens with zero attached hydrogens (tertiary/aromatic N) is 5. The fraction of sp³-hybridized carbons (Fsp3) is 0.286. The molecule has 8 heteroatoms. The van der Waals surface area contributed by atoms with Crippen LogP contribution in [0.3, 0.4) is 0 Å². The van der Waals surface area contributed by atoms with Gasteiger partial charge in [0.25, 0.3) is 0 Å². The lowest BCUT2D eigenvalue weighted by Gasteiger charge is -2.06. The summed E-state index contributed by atoms with van der Waals surface area (Å²) in [7, 11) is 0. The lowest BCUT2D eigenvalue weighted by Crippen LogP contribution is -2.16. The average Bonchev–Trinajstić information content (AvgIpc) is 3.08. The van der Waals surface area contributed by atoms with Gasteiger partial charge in [-0.05, 0) is 42.0 Å². The van der Waals surface area contributed by atoms with Crippen LogP contribution in [0, 0.1) is 13.8 Å². The number of aryl methyl sites for hydroxylation is 2. The van der Waals surface area contributed by atoms with Crippen LogP contribution in [-0.2, 0) is 6.54 Å². The van der Waals surface area contributed by atoms with Crippen LogP contribution in [0.15, 0.2) is 39.6 Å². The summed E-state index contributed by atoms with van der Waals surface area (Å²) in [4.78, 5) is 11.8. The van der Waals surface area contributed by atoms with Crippen LogP contribution in [0.4, 0.5) is 0 Å². The number of aromatic nitrogens is 5. The van der Waals surface area contributed by atoms with Gasteiger partial charge in [-0.25, -0.2) is 0 Å². The maximum Gasteiger partial charge on any atom is 0.307 e. The molecule has 2 aromatic heterocycles. The number of tetrazole rings is 1. The van der Waals surface area contributed by atoms with Crippen molar-refractivity contribution in [1.29, 1.82) is 0 Å². The Hall–Kier alpha value is -1.93. The monoisotopic (exact) mass is 333 g/mol. The van der Waals surface area contributed by atoms with E-state index < -0.39 is 0 Å². The molecular formula is C14H15N5OS2. The molecule has 0 aliphatic rings. The number of rotatable bonds is 5. The standard InChI is InChI=1S/C14H15N5OS2/c1-10-4-3-5-12(8-10)19-13(15-16-17-19)21-7-6-18-11(2)9-22-14(18)20/h3-5,8-9H,6-7H2,1-2H3. The van der Waals surface area contributed by atoms with E-state index in [-0.39, 0.29) is 4.87 Å². The second kappa shape index (κ2) is 6.45. The second-order valence-electron chi connectivity index (χ2n) is 4.86. The first kappa shape index (κ1) is 15.0. The van der Waals surface area contributed by atoms with Gasteiger partial charge in [0.2, 0.25) is 5.16 Å². The van der Waals surface area contributed by atoms with Crippen molar-refractivity contribution in [3.63, 3.8) is 0 Å². The Kier molecular flexibility index (Phi) is 4.39. The summed E-state index contributed by atoms with van der Waals surface area (Å²) in [6, 6.07) is 8.02. The van der Waals surface area contributed by atoms with Crippen LogP contribution < -0.4 is 4.87 Å². The fourth-order valence-electron chi connectivity index (χ4n) is 2.09. The van der Waals surface area contributed by atoms with Gasteiger partial charge in [0.1, 0.15) is 0 Å². The molecule has 0 aliphatic heterocycles. The molecule has 0 bridgehead atoms. The zero-order valence-corrected chi connectivity index (χ0v) is 13.9. The van der Waals surface area contributed by atoms with Crippen molar-refractivity contribution in [2.24, 2.45) is 0 Å². The average molecular weight is 333 g/mol. The molecule has 2 heterocycles. The zero-order valence-electron chi connectivity index (χ0n) is 12.3. The van der Waals surface area contributed by atoms with Gasteiger partial charge < -0.3 is 4.57 Å². The first-order valence-corrected chi connectivity index (χ1v) is 8.65. The maximum atomic E-state index is 11.7. The van der Waals surface area contributed by atoms with Crippen molar-refractivity contribution in [3.05, 3.63) is 50.6 Å². The van der Waals surface area contributed by atoms with E-state index in [1.807, 2.05) is 43.5 Å². The Balaban J connectivity index is 1.72. The van der Waals surface area contributed by atoms with E-state index in [0.717, 1.165) is 27.9 Å². The van der Waals surface area contributed by atoms with E-state index >= 15 is 0 Å². The minimum Gasteiger partial charge on any atom is -0.303 e. The summed E-state index contributed by atoms with van der Waals surface area (Å²) in [5.41, 5.74) is 3.09. The number of thioether (sulfide) groups is 1. The minimum absolute atomic E-state index is 0.0800. The molecule has 114 valence electrons. The van der Waals surface area contributed by atoms with Crippen LogP contribution in [0.5, 0.6) is 0 Å². The van der Waals surface area contributed by atoms with E-state index in [1.165, 1.54) is 11.3 Å². The van der Waals surface area contributed by atoms with Crippen molar-refractivity contribution < 1.29 is 0 Å². The molecular weight excluding hydrogens is 318 g/mol. The van der Waals surface area contributed by atoms with Gasteiger partial charge in [-0.2, -0.15) is 4.68 Å². The molecule has 0 saturated heterocycles. The van der Waals surface area contributed by atoms with Gasteiger partial charge in [0, 0.05) is 23.4 Å². The summed E-state index contributed by atoms with van der Waals surface area (Å²) in [6.45, 7) is 4.63. The smallest absolute Gasteiger partial charge is 0.303 e. The molecule has 0 atom stereocenters. The van der Waals surface area contributed by atoms with Crippen LogP contribution >= 0.6 is 23.1 Å². The number of hydrogen-bond donors (Lipinski definition) is 0. The molecule has 0 aliphatic carbocycles. The highest BCUT2D eigenvalue weighted by atomic mass is 32.2. The highest BCUT2D eigenvalue weighted by Crippen LogP contribution is 2.19. The van der Waals surface area contributed by atoms with Crippen molar-refractivity contribution >= 4 is 23.1 Å². The molecule has 0 spiro atoms. The van der Waals surface area contributed by atoms with Gasteiger partial charge in [-0.3, -0.25) is 4.79 Å². The lowest BCUT2D eigenvalue weighted by molar-refractivity contribution is 0.725. The molecule has 0 N–H and O–H groups in total. The van der Waals surface area contributed by atoms with Crippen LogP contribution in [-0.4, -0.2) is 30.5 Å². The summed E-state index contributed by atoms with van der Waals surface area (Å²) in [5, 5.41) is 14.5. The molecule has 3 rings (SSSR count). The van der Waals surface area contributed by atoms with Crippen molar-refractivity contribution in [3.8, 4) is 5.69 Å². The summed E-state index contributed by atoms with van der Waals surface area (Å²) in [5.74, 6) is 0.740. The lowest BCUT2D eigenvalue weighted by atomic mass is 10.2. The third-order valence-corrected chi connectivity index (χ3v) is 4.99. The van der Waals surface area contributed by atoms with E-state index in [9.17, 15) is 4.79 Å². The fourth-order valence-corrected chi connectivity index (χ4v) is 3.67. The molecule has 3 aromatic rings. The molecule has 6 nitrogen and oxygen atoms in total. The number of hydrogen-bond acceptors (Lipinski definition) is 6. The molecule has 0 amide bonds. The summed E-state index contributed by atoms with van der Waals surface area (Å²) >= 11 is 2.77. The van der Waals surface area contributed by atoms with Crippen molar-refractivity contribution in [1.82, 2.24) is 24.8 Å². The molecule has 0 saturated carbocycles. The second-order valence-corrected chi connectivity index (χ2v) is 6.74. The molecule has 1 aromatic carbocycles. The first-order chi connectivity index (χ1) is 10.6. The molecule has 0 radical (unpaired) electrons. The van der Waals surface area contributed by atoms with E-state index in [0.29, 0.717) is 6.54 Å². The third-order valence-electron chi connectivity index (χ3n) is 3.21. The Morgan fingerprint density at radius 3 is 2.91 bits per heavy atom. The molecule has 22 heavy (non-hydrogen) atoms. The predicted octanol–water partition coefficient (Wildman–Crippen LogP) is 2.29. The summed E-state index contributed by atoms with van der Waals surface area (Å²) in [6.07, 6.45) is 0. The topological polar surface area (TPSA) is 65.6 Å². The van der Waals surface area contributed by atoms with E-state index in [2.05, 4.69) is 15.5 Å². The van der Waals surface area contributed by atoms with Gasteiger partial charge >= 0.3 is 4.87 Å². The van der Waals surface area contributed by atoms with Gasteiger partial charge in [-0.15, -0.1) is 5.10 Å². The Morgan fingerprint density at radius 1 is 1.32 bits per heavy atom.